The Labute approximate surface area is 99.2 Å². The standard InChI is InChI=1S/C13H26N2O/c1-4-9-15-13(12(14)16)7-5-11(6-8-13)10(2)3/h10-11,15H,4-9H2,1-3H3,(H2,14,16). The molecule has 3 nitrogen and oxygen atoms in total. The summed E-state index contributed by atoms with van der Waals surface area (Å²) in [5.41, 5.74) is 5.15. The van der Waals surface area contributed by atoms with Crippen LogP contribution in [0.4, 0.5) is 0 Å². The summed E-state index contributed by atoms with van der Waals surface area (Å²) < 4.78 is 0. The highest BCUT2D eigenvalue weighted by Gasteiger charge is 2.40. The monoisotopic (exact) mass is 226 g/mol. The van der Waals surface area contributed by atoms with Gasteiger partial charge in [-0.3, -0.25) is 4.79 Å². The molecule has 0 atom stereocenters. The molecular formula is C13H26N2O. The smallest absolute Gasteiger partial charge is 0.237 e. The van der Waals surface area contributed by atoms with Gasteiger partial charge in [0.25, 0.3) is 0 Å². The molecule has 0 heterocycles. The number of nitrogens with one attached hydrogen (secondary N) is 1. The molecule has 0 saturated heterocycles. The van der Waals surface area contributed by atoms with E-state index >= 15 is 0 Å². The molecule has 0 unspecified atom stereocenters. The largest absolute Gasteiger partial charge is 0.368 e. The van der Waals surface area contributed by atoms with Crippen molar-refractivity contribution in [2.24, 2.45) is 17.6 Å². The number of hydrogen-bond donors (Lipinski definition) is 2. The molecule has 1 amide bonds. The normalized spacial score (nSPS) is 30.6. The van der Waals surface area contributed by atoms with E-state index in [2.05, 4.69) is 26.1 Å². The highest BCUT2D eigenvalue weighted by Crippen LogP contribution is 2.35. The first-order valence-electron chi connectivity index (χ1n) is 6.57. The topological polar surface area (TPSA) is 55.1 Å². The first-order valence-corrected chi connectivity index (χ1v) is 6.57. The van der Waals surface area contributed by atoms with Crippen LogP contribution >= 0.6 is 0 Å². The van der Waals surface area contributed by atoms with Gasteiger partial charge in [-0.05, 0) is 50.5 Å². The number of rotatable bonds is 5. The van der Waals surface area contributed by atoms with Crippen molar-refractivity contribution in [3.8, 4) is 0 Å². The van der Waals surface area contributed by atoms with E-state index in [1.54, 1.807) is 0 Å². The molecule has 94 valence electrons. The molecule has 0 aromatic rings. The summed E-state index contributed by atoms with van der Waals surface area (Å²) in [6, 6.07) is 0. The maximum absolute atomic E-state index is 11.6. The van der Waals surface area contributed by atoms with Crippen LogP contribution in [0, 0.1) is 11.8 Å². The number of primary amides is 1. The summed E-state index contributed by atoms with van der Waals surface area (Å²) in [4.78, 5) is 11.6. The molecule has 1 aliphatic carbocycles. The van der Waals surface area contributed by atoms with E-state index in [-0.39, 0.29) is 5.91 Å². The van der Waals surface area contributed by atoms with Crippen molar-refractivity contribution in [1.29, 1.82) is 0 Å². The lowest BCUT2D eigenvalue weighted by molar-refractivity contribution is -0.126. The van der Waals surface area contributed by atoms with Crippen LogP contribution in [-0.2, 0) is 4.79 Å². The van der Waals surface area contributed by atoms with E-state index in [1.807, 2.05) is 0 Å². The number of hydrogen-bond acceptors (Lipinski definition) is 2. The Bertz CT molecular complexity index is 230. The quantitative estimate of drug-likeness (QED) is 0.754. The van der Waals surface area contributed by atoms with Crippen LogP contribution in [0.5, 0.6) is 0 Å². The lowest BCUT2D eigenvalue weighted by Gasteiger charge is -2.39. The van der Waals surface area contributed by atoms with Crippen molar-refractivity contribution in [1.82, 2.24) is 5.32 Å². The Hall–Kier alpha value is -0.570. The molecule has 0 bridgehead atoms. The van der Waals surface area contributed by atoms with Crippen LogP contribution in [0.15, 0.2) is 0 Å². The minimum absolute atomic E-state index is 0.164. The van der Waals surface area contributed by atoms with E-state index in [4.69, 9.17) is 5.73 Å². The van der Waals surface area contributed by atoms with Crippen molar-refractivity contribution in [3.05, 3.63) is 0 Å². The first-order chi connectivity index (χ1) is 7.52. The molecule has 1 saturated carbocycles. The minimum atomic E-state index is -0.415. The van der Waals surface area contributed by atoms with Crippen molar-refractivity contribution in [2.45, 2.75) is 58.4 Å². The van der Waals surface area contributed by atoms with E-state index in [0.717, 1.165) is 50.5 Å². The zero-order chi connectivity index (χ0) is 12.2. The number of nitrogens with two attached hydrogens (primary N) is 1. The van der Waals surface area contributed by atoms with Crippen LogP contribution in [0.3, 0.4) is 0 Å². The Morgan fingerprint density at radius 1 is 1.44 bits per heavy atom. The van der Waals surface area contributed by atoms with Crippen LogP contribution in [0.25, 0.3) is 0 Å². The minimum Gasteiger partial charge on any atom is -0.368 e. The zero-order valence-electron chi connectivity index (χ0n) is 10.9. The number of amides is 1. The molecule has 0 aromatic heterocycles. The molecule has 1 fully saturated rings. The molecule has 3 N–H and O–H groups in total. The van der Waals surface area contributed by atoms with Gasteiger partial charge >= 0.3 is 0 Å². The lowest BCUT2D eigenvalue weighted by Crippen LogP contribution is -2.57. The molecular weight excluding hydrogens is 200 g/mol. The Kier molecular flexibility index (Phi) is 4.78. The third kappa shape index (κ3) is 2.97. The van der Waals surface area contributed by atoms with Crippen molar-refractivity contribution in [2.75, 3.05) is 6.54 Å². The van der Waals surface area contributed by atoms with Crippen molar-refractivity contribution >= 4 is 5.91 Å². The zero-order valence-corrected chi connectivity index (χ0v) is 10.9. The molecule has 0 spiro atoms. The third-order valence-electron chi connectivity index (χ3n) is 4.01. The Morgan fingerprint density at radius 3 is 2.38 bits per heavy atom. The molecule has 0 aromatic carbocycles. The van der Waals surface area contributed by atoms with Gasteiger partial charge in [-0.15, -0.1) is 0 Å². The van der Waals surface area contributed by atoms with Crippen LogP contribution in [-0.4, -0.2) is 18.0 Å². The predicted octanol–water partition coefficient (Wildman–Crippen LogP) is 2.06. The summed E-state index contributed by atoms with van der Waals surface area (Å²) in [5, 5.41) is 3.37. The van der Waals surface area contributed by atoms with E-state index < -0.39 is 5.54 Å². The summed E-state index contributed by atoms with van der Waals surface area (Å²) >= 11 is 0. The summed E-state index contributed by atoms with van der Waals surface area (Å²) in [5.74, 6) is 1.32. The van der Waals surface area contributed by atoms with E-state index in [9.17, 15) is 4.79 Å². The Balaban J connectivity index is 2.59. The number of carbonyl (C=O) groups excluding carboxylic acids is 1. The Morgan fingerprint density at radius 2 is 2.00 bits per heavy atom. The fourth-order valence-corrected chi connectivity index (χ4v) is 2.67. The number of carbonyl (C=O) groups is 1. The van der Waals surface area contributed by atoms with Crippen LogP contribution in [0.1, 0.15) is 52.9 Å². The van der Waals surface area contributed by atoms with E-state index in [0.29, 0.717) is 0 Å². The maximum Gasteiger partial charge on any atom is 0.237 e. The van der Waals surface area contributed by atoms with Gasteiger partial charge in [-0.1, -0.05) is 20.8 Å². The first kappa shape index (κ1) is 13.5. The van der Waals surface area contributed by atoms with Crippen molar-refractivity contribution < 1.29 is 4.79 Å². The molecule has 0 radical (unpaired) electrons. The van der Waals surface area contributed by atoms with E-state index in [1.165, 1.54) is 0 Å². The molecule has 1 aliphatic rings. The van der Waals surface area contributed by atoms with Gasteiger partial charge in [0.05, 0.1) is 5.54 Å². The summed E-state index contributed by atoms with van der Waals surface area (Å²) in [6.45, 7) is 7.53. The van der Waals surface area contributed by atoms with Crippen LogP contribution in [0.2, 0.25) is 0 Å². The highest BCUT2D eigenvalue weighted by molar-refractivity contribution is 5.84. The van der Waals surface area contributed by atoms with Gasteiger partial charge < -0.3 is 11.1 Å². The van der Waals surface area contributed by atoms with Gasteiger partial charge in [-0.25, -0.2) is 0 Å². The third-order valence-corrected chi connectivity index (χ3v) is 4.01. The lowest BCUT2D eigenvalue weighted by atomic mass is 9.72. The molecule has 3 heteroatoms. The second kappa shape index (κ2) is 5.67. The van der Waals surface area contributed by atoms with Gasteiger partial charge in [0.1, 0.15) is 0 Å². The molecule has 1 rings (SSSR count). The average Bonchev–Trinajstić information content (AvgIpc) is 2.26. The summed E-state index contributed by atoms with van der Waals surface area (Å²) in [7, 11) is 0. The van der Waals surface area contributed by atoms with Crippen molar-refractivity contribution in [3.63, 3.8) is 0 Å². The average molecular weight is 226 g/mol. The highest BCUT2D eigenvalue weighted by atomic mass is 16.1. The van der Waals surface area contributed by atoms with Crippen LogP contribution < -0.4 is 11.1 Å². The SMILES string of the molecule is CCCNC1(C(N)=O)CCC(C(C)C)CC1. The molecule has 0 aliphatic heterocycles. The maximum atomic E-state index is 11.6. The van der Waals surface area contributed by atoms with Gasteiger partial charge in [0, 0.05) is 0 Å². The predicted molar refractivity (Wildman–Crippen MR) is 67.0 cm³/mol. The summed E-state index contributed by atoms with van der Waals surface area (Å²) in [6.07, 6.45) is 5.10. The van der Waals surface area contributed by atoms with Gasteiger partial charge in [-0.2, -0.15) is 0 Å². The molecule has 16 heavy (non-hydrogen) atoms. The fraction of sp³-hybridized carbons (Fsp3) is 0.923. The fourth-order valence-electron chi connectivity index (χ4n) is 2.67. The second-order valence-electron chi connectivity index (χ2n) is 5.45. The van der Waals surface area contributed by atoms with Gasteiger partial charge in [0.15, 0.2) is 0 Å². The van der Waals surface area contributed by atoms with Gasteiger partial charge in [0.2, 0.25) is 5.91 Å². The second-order valence-corrected chi connectivity index (χ2v) is 5.45.